The van der Waals surface area contributed by atoms with Gasteiger partial charge in [-0.25, -0.2) is 4.98 Å². The Morgan fingerprint density at radius 3 is 3.04 bits per heavy atom. The van der Waals surface area contributed by atoms with Crippen molar-refractivity contribution in [2.75, 3.05) is 7.05 Å². The van der Waals surface area contributed by atoms with Gasteiger partial charge in [-0.3, -0.25) is 9.59 Å². The Kier molecular flexibility index (Phi) is 4.99. The first-order valence-electron chi connectivity index (χ1n) is 8.18. The van der Waals surface area contributed by atoms with Crippen molar-refractivity contribution in [2.45, 2.75) is 38.6 Å². The number of rotatable bonds is 5. The van der Waals surface area contributed by atoms with Gasteiger partial charge in [0, 0.05) is 30.2 Å². The molecule has 24 heavy (non-hydrogen) atoms. The molecule has 7 heteroatoms. The van der Waals surface area contributed by atoms with E-state index in [4.69, 9.17) is 0 Å². The fourth-order valence-corrected chi connectivity index (χ4v) is 4.16. The molecule has 0 bridgehead atoms. The smallest absolute Gasteiger partial charge is 0.262 e. The van der Waals surface area contributed by atoms with Crippen molar-refractivity contribution in [3.8, 4) is 0 Å². The average molecular weight is 346 g/mol. The third kappa shape index (κ3) is 3.67. The predicted octanol–water partition coefficient (Wildman–Crippen LogP) is 1.68. The fourth-order valence-electron chi connectivity index (χ4n) is 3.05. The highest BCUT2D eigenvalue weighted by Gasteiger charge is 2.25. The van der Waals surface area contributed by atoms with Crippen molar-refractivity contribution in [3.63, 3.8) is 0 Å². The average Bonchev–Trinajstić information content (AvgIpc) is 3.22. The van der Waals surface area contributed by atoms with Gasteiger partial charge < -0.3 is 15.6 Å². The van der Waals surface area contributed by atoms with Crippen LogP contribution in [0.5, 0.6) is 0 Å². The van der Waals surface area contributed by atoms with Gasteiger partial charge in [-0.15, -0.1) is 11.3 Å². The molecule has 1 aliphatic rings. The summed E-state index contributed by atoms with van der Waals surface area (Å²) in [6.45, 7) is 2.24. The molecule has 0 saturated heterocycles. The topological polar surface area (TPSA) is 86.9 Å². The molecule has 0 aliphatic heterocycles. The van der Waals surface area contributed by atoms with E-state index in [2.05, 4.69) is 27.5 Å². The molecule has 2 amide bonds. The number of nitrogens with one attached hydrogen (secondary N) is 3. The third-order valence-corrected chi connectivity index (χ3v) is 5.64. The zero-order valence-electron chi connectivity index (χ0n) is 13.9. The summed E-state index contributed by atoms with van der Waals surface area (Å²) in [4.78, 5) is 33.6. The third-order valence-electron chi connectivity index (χ3n) is 4.40. The number of amides is 2. The normalized spacial score (nSPS) is 17.8. The molecule has 0 spiro atoms. The highest BCUT2D eigenvalue weighted by molar-refractivity contribution is 7.14. The Labute approximate surface area is 145 Å². The number of aromatic nitrogens is 2. The van der Waals surface area contributed by atoms with Gasteiger partial charge in [0.1, 0.15) is 6.04 Å². The van der Waals surface area contributed by atoms with Crippen LogP contribution in [0.4, 0.5) is 0 Å². The van der Waals surface area contributed by atoms with E-state index < -0.39 is 6.04 Å². The van der Waals surface area contributed by atoms with Crippen molar-refractivity contribution in [1.82, 2.24) is 20.6 Å². The van der Waals surface area contributed by atoms with Gasteiger partial charge in [-0.05, 0) is 36.8 Å². The monoisotopic (exact) mass is 346 g/mol. The zero-order chi connectivity index (χ0) is 17.1. The van der Waals surface area contributed by atoms with Crippen molar-refractivity contribution in [1.29, 1.82) is 0 Å². The van der Waals surface area contributed by atoms with E-state index in [1.54, 1.807) is 30.9 Å². The molecule has 0 fully saturated rings. The Morgan fingerprint density at radius 1 is 1.50 bits per heavy atom. The Bertz CT molecular complexity index is 723. The van der Waals surface area contributed by atoms with E-state index in [0.29, 0.717) is 17.2 Å². The molecule has 2 atom stereocenters. The first kappa shape index (κ1) is 16.7. The summed E-state index contributed by atoms with van der Waals surface area (Å²) in [6, 6.07) is 1.36. The van der Waals surface area contributed by atoms with Crippen LogP contribution in [0.25, 0.3) is 0 Å². The minimum atomic E-state index is -0.624. The minimum absolute atomic E-state index is 0.185. The number of aryl methyl sites for hydroxylation is 1. The number of H-pyrrole nitrogens is 1. The van der Waals surface area contributed by atoms with Gasteiger partial charge >= 0.3 is 0 Å². The number of thiophene rings is 1. The zero-order valence-corrected chi connectivity index (χ0v) is 14.7. The van der Waals surface area contributed by atoms with E-state index in [1.165, 1.54) is 16.9 Å². The number of nitrogens with zero attached hydrogens (tertiary/aromatic N) is 1. The summed E-state index contributed by atoms with van der Waals surface area (Å²) in [6.07, 6.45) is 6.86. The molecule has 1 unspecified atom stereocenters. The Morgan fingerprint density at radius 2 is 2.33 bits per heavy atom. The largest absolute Gasteiger partial charge is 0.357 e. The summed E-state index contributed by atoms with van der Waals surface area (Å²) in [5.41, 5.74) is 2.09. The molecule has 0 aromatic carbocycles. The van der Waals surface area contributed by atoms with Crippen LogP contribution in [-0.4, -0.2) is 34.9 Å². The molecule has 0 radical (unpaired) electrons. The van der Waals surface area contributed by atoms with Crippen LogP contribution >= 0.6 is 11.3 Å². The number of hydrogen-bond acceptors (Lipinski definition) is 4. The molecule has 3 N–H and O–H groups in total. The first-order chi connectivity index (χ1) is 11.6. The van der Waals surface area contributed by atoms with Gasteiger partial charge in [-0.1, -0.05) is 6.92 Å². The lowest BCUT2D eigenvalue weighted by Crippen LogP contribution is -2.46. The van der Waals surface area contributed by atoms with E-state index in [0.717, 1.165) is 18.5 Å². The Hall–Kier alpha value is -2.15. The number of likely N-dealkylation sites (N-methyl/N-ethyl adjacent to an activating group) is 1. The number of carbonyl (C=O) groups is 2. The van der Waals surface area contributed by atoms with Crippen LogP contribution < -0.4 is 10.6 Å². The minimum Gasteiger partial charge on any atom is -0.357 e. The molecule has 128 valence electrons. The summed E-state index contributed by atoms with van der Waals surface area (Å²) < 4.78 is 0. The van der Waals surface area contributed by atoms with Crippen molar-refractivity contribution < 1.29 is 9.59 Å². The van der Waals surface area contributed by atoms with Crippen LogP contribution in [0.2, 0.25) is 0 Å². The lowest BCUT2D eigenvalue weighted by atomic mass is 9.90. The Balaban J connectivity index is 1.72. The molecule has 1 aliphatic carbocycles. The van der Waals surface area contributed by atoms with E-state index in [1.807, 2.05) is 6.07 Å². The van der Waals surface area contributed by atoms with Gasteiger partial charge in [0.05, 0.1) is 11.2 Å². The number of imidazole rings is 1. The molecular formula is C17H22N4O2S. The number of aromatic amines is 1. The standard InChI is InChI=1S/C17H22N4O2S/c1-10-3-4-14-11(5-10)6-15(24-14)17(23)21-13(16(22)18-2)7-12-8-19-9-20-12/h6,8-10,13H,3-5,7H2,1-2H3,(H,18,22)(H,19,20)(H,21,23)/t10?,13-/m0/s1. The van der Waals surface area contributed by atoms with Crippen LogP contribution in [0.1, 0.15) is 39.2 Å². The van der Waals surface area contributed by atoms with E-state index in [-0.39, 0.29) is 11.8 Å². The second kappa shape index (κ2) is 7.17. The molecule has 2 heterocycles. The number of fused-ring (bicyclic) bond motifs is 1. The molecular weight excluding hydrogens is 324 g/mol. The quantitative estimate of drug-likeness (QED) is 0.770. The molecule has 0 saturated carbocycles. The molecule has 2 aromatic heterocycles. The second-order valence-corrected chi connectivity index (χ2v) is 7.47. The molecule has 2 aromatic rings. The van der Waals surface area contributed by atoms with Crippen molar-refractivity contribution in [2.24, 2.45) is 5.92 Å². The summed E-state index contributed by atoms with van der Waals surface area (Å²) in [7, 11) is 1.57. The summed E-state index contributed by atoms with van der Waals surface area (Å²) in [5, 5.41) is 5.46. The van der Waals surface area contributed by atoms with E-state index >= 15 is 0 Å². The van der Waals surface area contributed by atoms with Crippen LogP contribution in [0, 0.1) is 5.92 Å². The second-order valence-electron chi connectivity index (χ2n) is 6.33. The van der Waals surface area contributed by atoms with Gasteiger partial charge in [0.25, 0.3) is 5.91 Å². The van der Waals surface area contributed by atoms with Crippen LogP contribution in [0.15, 0.2) is 18.6 Å². The predicted molar refractivity (Wildman–Crippen MR) is 93.1 cm³/mol. The summed E-state index contributed by atoms with van der Waals surface area (Å²) >= 11 is 1.55. The SMILES string of the molecule is CNC(=O)[C@H](Cc1cnc[nH]1)NC(=O)c1cc2c(s1)CCC(C)C2. The highest BCUT2D eigenvalue weighted by atomic mass is 32.1. The number of hydrogen-bond donors (Lipinski definition) is 3. The van der Waals surface area contributed by atoms with Crippen LogP contribution in [0.3, 0.4) is 0 Å². The van der Waals surface area contributed by atoms with E-state index in [9.17, 15) is 9.59 Å². The molecule has 6 nitrogen and oxygen atoms in total. The fraction of sp³-hybridized carbons (Fsp3) is 0.471. The first-order valence-corrected chi connectivity index (χ1v) is 8.99. The summed E-state index contributed by atoms with van der Waals surface area (Å²) in [5.74, 6) is 0.269. The van der Waals surface area contributed by atoms with Gasteiger partial charge in [0.15, 0.2) is 0 Å². The lowest BCUT2D eigenvalue weighted by molar-refractivity contribution is -0.122. The maximum absolute atomic E-state index is 12.6. The van der Waals surface area contributed by atoms with Gasteiger partial charge in [-0.2, -0.15) is 0 Å². The van der Waals surface area contributed by atoms with Crippen molar-refractivity contribution in [3.05, 3.63) is 39.6 Å². The van der Waals surface area contributed by atoms with Gasteiger partial charge in [0.2, 0.25) is 5.91 Å². The van der Waals surface area contributed by atoms with Crippen LogP contribution in [-0.2, 0) is 24.1 Å². The number of carbonyl (C=O) groups excluding carboxylic acids is 2. The van der Waals surface area contributed by atoms with Crippen molar-refractivity contribution >= 4 is 23.2 Å². The maximum Gasteiger partial charge on any atom is 0.262 e. The lowest BCUT2D eigenvalue weighted by Gasteiger charge is -2.16. The molecule has 3 rings (SSSR count). The highest BCUT2D eigenvalue weighted by Crippen LogP contribution is 2.32. The maximum atomic E-state index is 12.6.